The molecule has 1 heterocycles. The maximum Gasteiger partial charge on any atom is 0.416 e. The van der Waals surface area contributed by atoms with Crippen LogP contribution in [0.3, 0.4) is 0 Å². The van der Waals surface area contributed by atoms with Crippen molar-refractivity contribution in [2.24, 2.45) is 0 Å². The van der Waals surface area contributed by atoms with Gasteiger partial charge in [-0.05, 0) is 23.8 Å². The Bertz CT molecular complexity index is 1110. The third kappa shape index (κ3) is 5.68. The first-order valence-corrected chi connectivity index (χ1v) is 9.40. The number of amides is 1. The van der Waals surface area contributed by atoms with Crippen LogP contribution in [0.2, 0.25) is 0 Å². The average molecular weight is 451 g/mol. The van der Waals surface area contributed by atoms with Gasteiger partial charge in [0.05, 0.1) is 23.6 Å². The molecule has 0 aliphatic carbocycles. The predicted octanol–water partition coefficient (Wildman–Crippen LogP) is 4.16. The average Bonchev–Trinajstić information content (AvgIpc) is 3.20. The van der Waals surface area contributed by atoms with Gasteiger partial charge in [-0.25, -0.2) is 4.39 Å². The molecule has 1 aromatic heterocycles. The van der Waals surface area contributed by atoms with Crippen molar-refractivity contribution in [3.8, 4) is 11.4 Å². The highest BCUT2D eigenvalue weighted by molar-refractivity contribution is 5.78. The number of nitrogens with one attached hydrogen (secondary N) is 1. The van der Waals surface area contributed by atoms with Gasteiger partial charge in [0, 0.05) is 12.8 Å². The molecule has 32 heavy (non-hydrogen) atoms. The van der Waals surface area contributed by atoms with Crippen molar-refractivity contribution in [1.82, 2.24) is 15.5 Å². The Labute approximate surface area is 179 Å². The Hall–Kier alpha value is -3.76. The van der Waals surface area contributed by atoms with E-state index in [-0.39, 0.29) is 35.7 Å². The molecule has 1 amide bonds. The number of benzene rings is 2. The highest BCUT2D eigenvalue weighted by Crippen LogP contribution is 2.35. The van der Waals surface area contributed by atoms with Crippen LogP contribution in [0.1, 0.15) is 35.9 Å². The largest absolute Gasteiger partial charge is 0.481 e. The molecule has 1 unspecified atom stereocenters. The maximum atomic E-state index is 13.8. The van der Waals surface area contributed by atoms with Gasteiger partial charge >= 0.3 is 12.1 Å². The van der Waals surface area contributed by atoms with E-state index >= 15 is 0 Å². The molecule has 0 aliphatic rings. The first kappa shape index (κ1) is 22.9. The van der Waals surface area contributed by atoms with E-state index in [1.807, 2.05) is 0 Å². The van der Waals surface area contributed by atoms with Gasteiger partial charge in [-0.2, -0.15) is 18.2 Å². The minimum absolute atomic E-state index is 0.0126. The molecule has 2 aromatic carbocycles. The van der Waals surface area contributed by atoms with Crippen molar-refractivity contribution in [3.05, 3.63) is 71.4 Å². The zero-order valence-corrected chi connectivity index (χ0v) is 16.4. The number of halogens is 4. The number of carboxylic acid groups (broad SMARTS) is 1. The summed E-state index contributed by atoms with van der Waals surface area (Å²) in [6.07, 6.45) is -5.79. The molecular formula is C21H17F4N3O4. The zero-order chi connectivity index (χ0) is 23.3. The molecule has 3 rings (SSSR count). The number of hydrogen-bond donors (Lipinski definition) is 2. The fourth-order valence-electron chi connectivity index (χ4n) is 3.07. The zero-order valence-electron chi connectivity index (χ0n) is 16.4. The van der Waals surface area contributed by atoms with Gasteiger partial charge in [-0.15, -0.1) is 0 Å². The van der Waals surface area contributed by atoms with Gasteiger partial charge in [0.1, 0.15) is 5.82 Å². The second-order valence-electron chi connectivity index (χ2n) is 6.79. The molecule has 168 valence electrons. The SMILES string of the molecule is O=C(O)CC(NC(=O)CCc1nc(-c2ccccc2F)no1)c1ccccc1C(F)(F)F. The molecule has 11 heteroatoms. The van der Waals surface area contributed by atoms with Crippen molar-refractivity contribution in [1.29, 1.82) is 0 Å². The van der Waals surface area contributed by atoms with Crippen LogP contribution >= 0.6 is 0 Å². The highest BCUT2D eigenvalue weighted by Gasteiger charge is 2.35. The summed E-state index contributed by atoms with van der Waals surface area (Å²) in [5, 5.41) is 15.1. The van der Waals surface area contributed by atoms with E-state index in [0.717, 1.165) is 12.1 Å². The highest BCUT2D eigenvalue weighted by atomic mass is 19.4. The molecule has 3 aromatic rings. The number of nitrogens with zero attached hydrogens (tertiary/aromatic N) is 2. The Morgan fingerprint density at radius 2 is 1.78 bits per heavy atom. The Kier molecular flexibility index (Phi) is 6.86. The molecule has 0 bridgehead atoms. The van der Waals surface area contributed by atoms with Crippen LogP contribution in [0.25, 0.3) is 11.4 Å². The lowest BCUT2D eigenvalue weighted by molar-refractivity contribution is -0.141. The molecule has 0 spiro atoms. The van der Waals surface area contributed by atoms with E-state index in [9.17, 15) is 27.2 Å². The number of aromatic nitrogens is 2. The van der Waals surface area contributed by atoms with Gasteiger partial charge in [-0.3, -0.25) is 9.59 Å². The summed E-state index contributed by atoms with van der Waals surface area (Å²) >= 11 is 0. The van der Waals surface area contributed by atoms with E-state index < -0.39 is 41.9 Å². The Balaban J connectivity index is 1.70. The van der Waals surface area contributed by atoms with Gasteiger partial charge in [0.25, 0.3) is 0 Å². The number of carbonyl (C=O) groups is 2. The standard InChI is InChI=1S/C21H17F4N3O4/c22-15-8-4-2-6-13(15)20-27-18(32-28-20)10-9-17(29)26-16(11-19(30)31)12-5-1-3-7-14(12)21(23,24)25/h1-8,16H,9-11H2,(H,26,29)(H,30,31). The van der Waals surface area contributed by atoms with Crippen LogP contribution in [-0.4, -0.2) is 27.1 Å². The van der Waals surface area contributed by atoms with Crippen molar-refractivity contribution < 1.29 is 36.8 Å². The number of hydrogen-bond acceptors (Lipinski definition) is 5. The van der Waals surface area contributed by atoms with E-state index in [1.54, 1.807) is 6.07 Å². The topological polar surface area (TPSA) is 105 Å². The lowest BCUT2D eigenvalue weighted by Crippen LogP contribution is -2.31. The van der Waals surface area contributed by atoms with Crippen LogP contribution in [0, 0.1) is 5.82 Å². The second-order valence-corrected chi connectivity index (χ2v) is 6.79. The molecule has 0 saturated heterocycles. The lowest BCUT2D eigenvalue weighted by Gasteiger charge is -2.21. The quantitative estimate of drug-likeness (QED) is 0.499. The Morgan fingerprint density at radius 3 is 2.47 bits per heavy atom. The van der Waals surface area contributed by atoms with Gasteiger partial charge in [0.2, 0.25) is 17.6 Å². The lowest BCUT2D eigenvalue weighted by atomic mass is 9.97. The predicted molar refractivity (Wildman–Crippen MR) is 103 cm³/mol. The molecule has 0 fully saturated rings. The number of aryl methyl sites for hydroxylation is 1. The number of rotatable bonds is 8. The summed E-state index contributed by atoms with van der Waals surface area (Å²) < 4.78 is 58.7. The van der Waals surface area contributed by atoms with E-state index in [4.69, 9.17) is 9.63 Å². The summed E-state index contributed by atoms with van der Waals surface area (Å²) in [4.78, 5) is 27.5. The third-order valence-corrected chi connectivity index (χ3v) is 4.50. The molecule has 0 saturated carbocycles. The smallest absolute Gasteiger partial charge is 0.416 e. The van der Waals surface area contributed by atoms with Crippen molar-refractivity contribution in [2.75, 3.05) is 0 Å². The molecule has 7 nitrogen and oxygen atoms in total. The summed E-state index contributed by atoms with van der Waals surface area (Å²) in [7, 11) is 0. The van der Waals surface area contributed by atoms with Crippen LogP contribution < -0.4 is 5.32 Å². The monoisotopic (exact) mass is 451 g/mol. The number of aliphatic carboxylic acids is 1. The van der Waals surface area contributed by atoms with Crippen molar-refractivity contribution in [2.45, 2.75) is 31.5 Å². The van der Waals surface area contributed by atoms with E-state index in [2.05, 4.69) is 15.5 Å². The van der Waals surface area contributed by atoms with E-state index in [1.165, 1.54) is 30.3 Å². The first-order valence-electron chi connectivity index (χ1n) is 9.40. The molecule has 2 N–H and O–H groups in total. The fraction of sp³-hybridized carbons (Fsp3) is 0.238. The number of carboxylic acids is 1. The first-order chi connectivity index (χ1) is 15.1. The molecular weight excluding hydrogens is 434 g/mol. The molecule has 1 atom stereocenters. The van der Waals surface area contributed by atoms with Crippen molar-refractivity contribution in [3.63, 3.8) is 0 Å². The Morgan fingerprint density at radius 1 is 1.09 bits per heavy atom. The van der Waals surface area contributed by atoms with Gasteiger partial charge < -0.3 is 14.9 Å². The number of carbonyl (C=O) groups excluding carboxylic acids is 1. The molecule has 0 aliphatic heterocycles. The maximum absolute atomic E-state index is 13.8. The second kappa shape index (κ2) is 9.58. The number of alkyl halides is 3. The van der Waals surface area contributed by atoms with Crippen LogP contribution in [0.15, 0.2) is 53.1 Å². The molecule has 0 radical (unpaired) electrons. The minimum Gasteiger partial charge on any atom is -0.481 e. The van der Waals surface area contributed by atoms with E-state index in [0.29, 0.717) is 0 Å². The third-order valence-electron chi connectivity index (χ3n) is 4.50. The van der Waals surface area contributed by atoms with Gasteiger partial charge in [0.15, 0.2) is 0 Å². The van der Waals surface area contributed by atoms with Crippen molar-refractivity contribution >= 4 is 11.9 Å². The summed E-state index contributed by atoms with van der Waals surface area (Å²) in [5.74, 6) is -2.64. The fourth-order valence-corrected chi connectivity index (χ4v) is 3.07. The van der Waals surface area contributed by atoms with Crippen LogP contribution in [0.4, 0.5) is 17.6 Å². The summed E-state index contributed by atoms with van der Waals surface area (Å²) in [5.41, 5.74) is -1.27. The normalized spacial score (nSPS) is 12.4. The minimum atomic E-state index is -4.72. The van der Waals surface area contributed by atoms with Crippen LogP contribution in [0.5, 0.6) is 0 Å². The summed E-state index contributed by atoms with van der Waals surface area (Å²) in [6, 6.07) is 8.80. The summed E-state index contributed by atoms with van der Waals surface area (Å²) in [6.45, 7) is 0. The van der Waals surface area contributed by atoms with Gasteiger partial charge in [-0.1, -0.05) is 35.5 Å². The van der Waals surface area contributed by atoms with Crippen LogP contribution in [-0.2, 0) is 22.2 Å².